The number of amides is 1. The summed E-state index contributed by atoms with van der Waals surface area (Å²) < 4.78 is 5.15. The molecular formula is C16H18N2O4. The molecule has 0 saturated carbocycles. The molecule has 116 valence electrons. The first kappa shape index (κ1) is 14.6. The first-order chi connectivity index (χ1) is 10.5. The van der Waals surface area contributed by atoms with Gasteiger partial charge in [-0.25, -0.2) is 4.79 Å². The zero-order chi connectivity index (χ0) is 15.7. The maximum absolute atomic E-state index is 11.7. The van der Waals surface area contributed by atoms with Crippen molar-refractivity contribution in [3.63, 3.8) is 0 Å². The van der Waals surface area contributed by atoms with Crippen molar-refractivity contribution in [3.05, 3.63) is 40.2 Å². The molecule has 6 nitrogen and oxygen atoms in total. The molecule has 1 aromatic heterocycles. The van der Waals surface area contributed by atoms with E-state index in [-0.39, 0.29) is 17.6 Å². The van der Waals surface area contributed by atoms with Crippen molar-refractivity contribution in [1.29, 1.82) is 0 Å². The lowest BCUT2D eigenvalue weighted by molar-refractivity contribution is -0.123. The molecule has 1 aromatic carbocycles. The van der Waals surface area contributed by atoms with Gasteiger partial charge in [-0.05, 0) is 49.7 Å². The van der Waals surface area contributed by atoms with Crippen molar-refractivity contribution in [2.45, 2.75) is 19.4 Å². The third-order valence-electron chi connectivity index (χ3n) is 4.20. The number of nitrogens with two attached hydrogens (primary N) is 1. The molecule has 0 radical (unpaired) electrons. The van der Waals surface area contributed by atoms with Gasteiger partial charge >= 0.3 is 5.63 Å². The summed E-state index contributed by atoms with van der Waals surface area (Å²) in [5, 5.41) is 10.4. The van der Waals surface area contributed by atoms with Gasteiger partial charge < -0.3 is 15.3 Å². The molecule has 1 saturated heterocycles. The molecule has 0 atom stereocenters. The summed E-state index contributed by atoms with van der Waals surface area (Å²) in [5.74, 6) is -0.164. The predicted molar refractivity (Wildman–Crippen MR) is 81.3 cm³/mol. The van der Waals surface area contributed by atoms with E-state index in [1.807, 2.05) is 0 Å². The second-order valence-electron chi connectivity index (χ2n) is 5.72. The number of phenols is 1. The maximum Gasteiger partial charge on any atom is 0.336 e. The molecule has 1 fully saturated rings. The van der Waals surface area contributed by atoms with Crippen molar-refractivity contribution in [1.82, 2.24) is 4.90 Å². The van der Waals surface area contributed by atoms with Crippen molar-refractivity contribution in [2.24, 2.45) is 11.7 Å². The number of primary amides is 1. The molecule has 22 heavy (non-hydrogen) atoms. The molecule has 2 aromatic rings. The highest BCUT2D eigenvalue weighted by Crippen LogP contribution is 2.25. The second-order valence-corrected chi connectivity index (χ2v) is 5.72. The highest BCUT2D eigenvalue weighted by Gasteiger charge is 2.23. The smallest absolute Gasteiger partial charge is 0.336 e. The van der Waals surface area contributed by atoms with Crippen LogP contribution in [0.4, 0.5) is 0 Å². The number of phenolic OH excluding ortho intramolecular Hbond substituents is 1. The van der Waals surface area contributed by atoms with Crippen molar-refractivity contribution < 1.29 is 14.3 Å². The van der Waals surface area contributed by atoms with Crippen LogP contribution in [0.3, 0.4) is 0 Å². The third kappa shape index (κ3) is 2.96. The third-order valence-corrected chi connectivity index (χ3v) is 4.20. The van der Waals surface area contributed by atoms with E-state index in [9.17, 15) is 14.7 Å². The first-order valence-electron chi connectivity index (χ1n) is 7.30. The zero-order valence-electron chi connectivity index (χ0n) is 12.1. The van der Waals surface area contributed by atoms with Gasteiger partial charge in [0.1, 0.15) is 11.3 Å². The highest BCUT2D eigenvalue weighted by molar-refractivity contribution is 5.81. The lowest BCUT2D eigenvalue weighted by Gasteiger charge is -2.30. The molecule has 1 amide bonds. The largest absolute Gasteiger partial charge is 0.508 e. The number of hydrogen-bond acceptors (Lipinski definition) is 5. The lowest BCUT2D eigenvalue weighted by atomic mass is 9.96. The fourth-order valence-electron chi connectivity index (χ4n) is 2.96. The van der Waals surface area contributed by atoms with Gasteiger partial charge in [-0.1, -0.05) is 0 Å². The van der Waals surface area contributed by atoms with Gasteiger partial charge in [0, 0.05) is 23.9 Å². The van der Waals surface area contributed by atoms with Gasteiger partial charge in [0.25, 0.3) is 0 Å². The van der Waals surface area contributed by atoms with Gasteiger partial charge in [0.05, 0.1) is 0 Å². The minimum absolute atomic E-state index is 0.0575. The molecule has 0 aliphatic carbocycles. The Morgan fingerprint density at radius 1 is 1.32 bits per heavy atom. The number of carbonyl (C=O) groups excluding carboxylic acids is 1. The van der Waals surface area contributed by atoms with Crippen LogP contribution >= 0.6 is 0 Å². The minimum atomic E-state index is -0.403. The summed E-state index contributed by atoms with van der Waals surface area (Å²) in [6, 6.07) is 6.15. The van der Waals surface area contributed by atoms with Crippen LogP contribution in [0.25, 0.3) is 11.0 Å². The normalized spacial score (nSPS) is 16.9. The quantitative estimate of drug-likeness (QED) is 0.830. The average Bonchev–Trinajstić information content (AvgIpc) is 2.48. The van der Waals surface area contributed by atoms with E-state index in [1.54, 1.807) is 12.1 Å². The number of hydrogen-bond donors (Lipinski definition) is 2. The van der Waals surface area contributed by atoms with Crippen molar-refractivity contribution in [2.75, 3.05) is 13.1 Å². The summed E-state index contributed by atoms with van der Waals surface area (Å²) in [4.78, 5) is 25.0. The SMILES string of the molecule is NC(=O)C1CCN(Cc2cc(=O)oc3ccc(O)cc23)CC1. The van der Waals surface area contributed by atoms with E-state index >= 15 is 0 Å². The highest BCUT2D eigenvalue weighted by atomic mass is 16.4. The number of benzene rings is 1. The number of piperidine rings is 1. The molecule has 0 spiro atoms. The van der Waals surface area contributed by atoms with Crippen LogP contribution in [0.1, 0.15) is 18.4 Å². The van der Waals surface area contributed by atoms with Crippen LogP contribution in [-0.2, 0) is 11.3 Å². The molecule has 1 aliphatic heterocycles. The van der Waals surface area contributed by atoms with Crippen LogP contribution in [0.15, 0.2) is 33.5 Å². The fourth-order valence-corrected chi connectivity index (χ4v) is 2.96. The number of likely N-dealkylation sites (tertiary alicyclic amines) is 1. The Hall–Kier alpha value is -2.34. The number of nitrogens with zero attached hydrogens (tertiary/aromatic N) is 1. The van der Waals surface area contributed by atoms with E-state index in [0.29, 0.717) is 12.1 Å². The zero-order valence-corrected chi connectivity index (χ0v) is 12.1. The minimum Gasteiger partial charge on any atom is -0.508 e. The summed E-state index contributed by atoms with van der Waals surface area (Å²) in [5.41, 5.74) is 6.22. The molecule has 2 heterocycles. The standard InChI is InChI=1S/C16H18N2O4/c17-16(21)10-3-5-18(6-4-10)9-11-7-15(20)22-14-2-1-12(19)8-13(11)14/h1-2,7-8,10,19H,3-6,9H2,(H2,17,21). The molecule has 3 N–H and O–H groups in total. The Kier molecular flexibility index (Phi) is 3.85. The van der Waals surface area contributed by atoms with Crippen LogP contribution in [0.2, 0.25) is 0 Å². The van der Waals surface area contributed by atoms with E-state index in [2.05, 4.69) is 4.90 Å². The fraction of sp³-hybridized carbons (Fsp3) is 0.375. The van der Waals surface area contributed by atoms with Crippen molar-refractivity contribution in [3.8, 4) is 5.75 Å². The van der Waals surface area contributed by atoms with Gasteiger partial charge in [0.15, 0.2) is 0 Å². The molecule has 0 unspecified atom stereocenters. The summed E-state index contributed by atoms with van der Waals surface area (Å²) in [6.45, 7) is 2.10. The average molecular weight is 302 g/mol. The Labute approximate surface area is 127 Å². The number of fused-ring (bicyclic) bond motifs is 1. The molecule has 6 heteroatoms. The molecule has 1 aliphatic rings. The predicted octanol–water partition coefficient (Wildman–Crippen LogP) is 1.20. The summed E-state index contributed by atoms with van der Waals surface area (Å²) in [7, 11) is 0. The Morgan fingerprint density at radius 2 is 2.05 bits per heavy atom. The monoisotopic (exact) mass is 302 g/mol. The van der Waals surface area contributed by atoms with Gasteiger partial charge in [-0.2, -0.15) is 0 Å². The number of aromatic hydroxyl groups is 1. The van der Waals surface area contributed by atoms with Crippen LogP contribution in [0.5, 0.6) is 5.75 Å². The topological polar surface area (TPSA) is 96.8 Å². The number of carbonyl (C=O) groups is 1. The van der Waals surface area contributed by atoms with Gasteiger partial charge in [0.2, 0.25) is 5.91 Å². The van der Waals surface area contributed by atoms with E-state index in [4.69, 9.17) is 10.2 Å². The summed E-state index contributed by atoms with van der Waals surface area (Å²) in [6.07, 6.45) is 1.47. The van der Waals surface area contributed by atoms with E-state index in [1.165, 1.54) is 12.1 Å². The molecular weight excluding hydrogens is 284 g/mol. The molecule has 3 rings (SSSR count). The number of rotatable bonds is 3. The van der Waals surface area contributed by atoms with Crippen LogP contribution in [0, 0.1) is 5.92 Å². The van der Waals surface area contributed by atoms with Gasteiger partial charge in [-0.15, -0.1) is 0 Å². The first-order valence-corrected chi connectivity index (χ1v) is 7.30. The van der Waals surface area contributed by atoms with Crippen molar-refractivity contribution >= 4 is 16.9 Å². The second kappa shape index (κ2) is 5.81. The Morgan fingerprint density at radius 3 is 2.73 bits per heavy atom. The maximum atomic E-state index is 11.7. The van der Waals surface area contributed by atoms with Crippen LogP contribution < -0.4 is 11.4 Å². The lowest BCUT2D eigenvalue weighted by Crippen LogP contribution is -2.38. The Bertz CT molecular complexity index is 760. The Balaban J connectivity index is 1.84. The van der Waals surface area contributed by atoms with E-state index in [0.717, 1.165) is 36.9 Å². The summed E-state index contributed by atoms with van der Waals surface area (Å²) >= 11 is 0. The van der Waals surface area contributed by atoms with Crippen LogP contribution in [-0.4, -0.2) is 29.0 Å². The van der Waals surface area contributed by atoms with Gasteiger partial charge in [-0.3, -0.25) is 9.69 Å². The van der Waals surface area contributed by atoms with E-state index < -0.39 is 5.63 Å². The molecule has 0 bridgehead atoms.